The molecule has 104 valence electrons. The lowest BCUT2D eigenvalue weighted by Crippen LogP contribution is -2.09. The van der Waals surface area contributed by atoms with Crippen LogP contribution in [0.1, 0.15) is 25.2 Å². The summed E-state index contributed by atoms with van der Waals surface area (Å²) in [5, 5.41) is 0. The summed E-state index contributed by atoms with van der Waals surface area (Å²) >= 11 is 7.90. The molecule has 3 nitrogen and oxygen atoms in total. The summed E-state index contributed by atoms with van der Waals surface area (Å²) in [6.07, 6.45) is 3.24. The zero-order valence-electron chi connectivity index (χ0n) is 11.5. The Kier molecular flexibility index (Phi) is 4.99. The first-order chi connectivity index (χ1) is 9.21. The molecule has 5 heteroatoms. The molecule has 2 aromatic rings. The first-order valence-corrected chi connectivity index (χ1v) is 8.23. The van der Waals surface area contributed by atoms with Crippen LogP contribution in [0.25, 0.3) is 11.0 Å². The minimum atomic E-state index is 0.402. The normalized spacial score (nSPS) is 12.8. The SMILES string of the molecule is COc1ccc2c(c1)nc(CCl)n2C(C)CCSC. The number of benzene rings is 1. The fourth-order valence-electron chi connectivity index (χ4n) is 2.26. The number of alkyl halides is 1. The second-order valence-electron chi connectivity index (χ2n) is 4.52. The first-order valence-electron chi connectivity index (χ1n) is 6.31. The minimum absolute atomic E-state index is 0.402. The van der Waals surface area contributed by atoms with E-state index in [1.54, 1.807) is 7.11 Å². The number of hydrogen-bond donors (Lipinski definition) is 0. The van der Waals surface area contributed by atoms with E-state index in [0.717, 1.165) is 34.8 Å². The number of imidazole rings is 1. The van der Waals surface area contributed by atoms with Crippen molar-refractivity contribution in [3.8, 4) is 5.75 Å². The third-order valence-corrected chi connectivity index (χ3v) is 4.15. The summed E-state index contributed by atoms with van der Waals surface area (Å²) < 4.78 is 7.49. The van der Waals surface area contributed by atoms with Crippen molar-refractivity contribution in [2.24, 2.45) is 0 Å². The highest BCUT2D eigenvalue weighted by Crippen LogP contribution is 2.27. The molecule has 1 aromatic carbocycles. The van der Waals surface area contributed by atoms with Gasteiger partial charge in [-0.25, -0.2) is 4.98 Å². The second kappa shape index (κ2) is 6.53. The highest BCUT2D eigenvalue weighted by Gasteiger charge is 2.15. The van der Waals surface area contributed by atoms with Crippen LogP contribution in [0.3, 0.4) is 0 Å². The number of fused-ring (bicyclic) bond motifs is 1. The van der Waals surface area contributed by atoms with Crippen molar-refractivity contribution >= 4 is 34.4 Å². The van der Waals surface area contributed by atoms with Gasteiger partial charge in [-0.15, -0.1) is 11.6 Å². The molecule has 0 radical (unpaired) electrons. The summed E-state index contributed by atoms with van der Waals surface area (Å²) in [5.74, 6) is 3.33. The van der Waals surface area contributed by atoms with Gasteiger partial charge in [-0.05, 0) is 37.5 Å². The van der Waals surface area contributed by atoms with Gasteiger partial charge in [-0.2, -0.15) is 11.8 Å². The van der Waals surface area contributed by atoms with E-state index in [9.17, 15) is 0 Å². The lowest BCUT2D eigenvalue weighted by atomic mass is 10.2. The molecule has 0 saturated carbocycles. The molecule has 0 saturated heterocycles. The predicted octanol–water partition coefficient (Wildman–Crippen LogP) is 4.10. The monoisotopic (exact) mass is 298 g/mol. The zero-order valence-corrected chi connectivity index (χ0v) is 13.1. The van der Waals surface area contributed by atoms with E-state index < -0.39 is 0 Å². The quantitative estimate of drug-likeness (QED) is 0.751. The predicted molar refractivity (Wildman–Crippen MR) is 83.6 cm³/mol. The summed E-state index contributed by atoms with van der Waals surface area (Å²) in [5.41, 5.74) is 2.08. The molecule has 1 aromatic heterocycles. The van der Waals surface area contributed by atoms with Crippen molar-refractivity contribution in [2.45, 2.75) is 25.3 Å². The minimum Gasteiger partial charge on any atom is -0.497 e. The molecular formula is C14H19ClN2OS. The molecule has 0 aliphatic rings. The lowest BCUT2D eigenvalue weighted by molar-refractivity contribution is 0.415. The van der Waals surface area contributed by atoms with Crippen LogP contribution in [-0.4, -0.2) is 28.7 Å². The van der Waals surface area contributed by atoms with Gasteiger partial charge in [0, 0.05) is 12.1 Å². The zero-order chi connectivity index (χ0) is 13.8. The largest absolute Gasteiger partial charge is 0.497 e. The Labute approximate surface area is 123 Å². The molecule has 0 N–H and O–H groups in total. The Morgan fingerprint density at radius 2 is 2.26 bits per heavy atom. The van der Waals surface area contributed by atoms with Gasteiger partial charge < -0.3 is 9.30 Å². The molecule has 1 atom stereocenters. The molecule has 0 amide bonds. The maximum Gasteiger partial charge on any atom is 0.125 e. The van der Waals surface area contributed by atoms with Gasteiger partial charge in [0.2, 0.25) is 0 Å². The van der Waals surface area contributed by atoms with E-state index in [4.69, 9.17) is 16.3 Å². The van der Waals surface area contributed by atoms with Crippen molar-refractivity contribution in [2.75, 3.05) is 19.1 Å². The fourth-order valence-corrected chi connectivity index (χ4v) is 3.02. The Hall–Kier alpha value is -0.870. The number of nitrogens with zero attached hydrogens (tertiary/aromatic N) is 2. The molecule has 0 aliphatic carbocycles. The Balaban J connectivity index is 2.45. The van der Waals surface area contributed by atoms with E-state index in [1.807, 2.05) is 23.9 Å². The maximum absolute atomic E-state index is 6.04. The van der Waals surface area contributed by atoms with Crippen LogP contribution in [0.2, 0.25) is 0 Å². The van der Waals surface area contributed by atoms with Gasteiger partial charge >= 0.3 is 0 Å². The number of halogens is 1. The standard InChI is InChI=1S/C14H19ClN2OS/c1-10(6-7-19-3)17-13-5-4-11(18-2)8-12(13)16-14(17)9-15/h4-5,8,10H,6-7,9H2,1-3H3. The fraction of sp³-hybridized carbons (Fsp3) is 0.500. The summed E-state index contributed by atoms with van der Waals surface area (Å²) in [6, 6.07) is 6.40. The first kappa shape index (κ1) is 14.5. The highest BCUT2D eigenvalue weighted by molar-refractivity contribution is 7.98. The van der Waals surface area contributed by atoms with Crippen LogP contribution >= 0.6 is 23.4 Å². The smallest absolute Gasteiger partial charge is 0.125 e. The van der Waals surface area contributed by atoms with Gasteiger partial charge in [0.15, 0.2) is 0 Å². The van der Waals surface area contributed by atoms with Gasteiger partial charge in [-0.1, -0.05) is 0 Å². The van der Waals surface area contributed by atoms with Crippen LogP contribution in [0.15, 0.2) is 18.2 Å². The van der Waals surface area contributed by atoms with E-state index >= 15 is 0 Å². The number of thioether (sulfide) groups is 1. The summed E-state index contributed by atoms with van der Waals surface area (Å²) in [4.78, 5) is 4.61. The van der Waals surface area contributed by atoms with Crippen LogP contribution in [0.5, 0.6) is 5.75 Å². The van der Waals surface area contributed by atoms with Crippen molar-refractivity contribution in [1.29, 1.82) is 0 Å². The Bertz CT molecular complexity index is 556. The van der Waals surface area contributed by atoms with Crippen molar-refractivity contribution < 1.29 is 4.74 Å². The molecule has 0 spiro atoms. The molecular weight excluding hydrogens is 280 g/mol. The number of hydrogen-bond acceptors (Lipinski definition) is 3. The van der Waals surface area contributed by atoms with Crippen LogP contribution in [0, 0.1) is 0 Å². The van der Waals surface area contributed by atoms with Crippen LogP contribution < -0.4 is 4.74 Å². The molecule has 1 unspecified atom stereocenters. The van der Waals surface area contributed by atoms with Gasteiger partial charge in [0.1, 0.15) is 11.6 Å². The van der Waals surface area contributed by atoms with Crippen LogP contribution in [0.4, 0.5) is 0 Å². The summed E-state index contributed by atoms with van der Waals surface area (Å²) in [6.45, 7) is 2.22. The third-order valence-electron chi connectivity index (χ3n) is 3.27. The average molecular weight is 299 g/mol. The van der Waals surface area contributed by atoms with Gasteiger partial charge in [-0.3, -0.25) is 0 Å². The number of methoxy groups -OCH3 is 1. The maximum atomic E-state index is 6.04. The number of rotatable bonds is 6. The van der Waals surface area contributed by atoms with E-state index in [-0.39, 0.29) is 0 Å². The summed E-state index contributed by atoms with van der Waals surface area (Å²) in [7, 11) is 1.67. The van der Waals surface area contributed by atoms with E-state index in [2.05, 4.69) is 28.8 Å². The van der Waals surface area contributed by atoms with Crippen molar-refractivity contribution in [1.82, 2.24) is 9.55 Å². The van der Waals surface area contributed by atoms with Gasteiger partial charge in [0.25, 0.3) is 0 Å². The highest BCUT2D eigenvalue weighted by atomic mass is 35.5. The molecule has 0 fully saturated rings. The van der Waals surface area contributed by atoms with Gasteiger partial charge in [0.05, 0.1) is 24.0 Å². The Morgan fingerprint density at radius 3 is 2.89 bits per heavy atom. The number of ether oxygens (including phenoxy) is 1. The van der Waals surface area contributed by atoms with E-state index in [0.29, 0.717) is 11.9 Å². The topological polar surface area (TPSA) is 27.1 Å². The van der Waals surface area contributed by atoms with Crippen molar-refractivity contribution in [3.05, 3.63) is 24.0 Å². The van der Waals surface area contributed by atoms with Crippen LogP contribution in [-0.2, 0) is 5.88 Å². The second-order valence-corrected chi connectivity index (χ2v) is 5.77. The molecule has 0 bridgehead atoms. The molecule has 1 heterocycles. The third kappa shape index (κ3) is 3.00. The average Bonchev–Trinajstić information content (AvgIpc) is 2.81. The Morgan fingerprint density at radius 1 is 1.47 bits per heavy atom. The molecule has 0 aliphatic heterocycles. The molecule has 19 heavy (non-hydrogen) atoms. The lowest BCUT2D eigenvalue weighted by Gasteiger charge is -2.16. The molecule has 2 rings (SSSR count). The van der Waals surface area contributed by atoms with Crippen molar-refractivity contribution in [3.63, 3.8) is 0 Å². The van der Waals surface area contributed by atoms with E-state index in [1.165, 1.54) is 0 Å². The number of aromatic nitrogens is 2.